The highest BCUT2D eigenvalue weighted by Gasteiger charge is 2.34. The number of nitrogens with zero attached hydrogens (tertiary/aromatic N) is 1. The first kappa shape index (κ1) is 11.6. The molecule has 0 aliphatic carbocycles. The van der Waals surface area contributed by atoms with Crippen LogP contribution >= 0.6 is 12.2 Å². The number of nitrogens with two attached hydrogens (primary N) is 1. The Morgan fingerprint density at radius 2 is 1.86 bits per heavy atom. The van der Waals surface area contributed by atoms with Gasteiger partial charge in [-0.25, -0.2) is 5.84 Å². The van der Waals surface area contributed by atoms with E-state index in [-0.39, 0.29) is 0 Å². The molecule has 0 radical (unpaired) electrons. The van der Waals surface area contributed by atoms with Crippen molar-refractivity contribution in [2.24, 2.45) is 5.84 Å². The lowest BCUT2D eigenvalue weighted by Crippen LogP contribution is -2.52. The first-order valence-electron chi connectivity index (χ1n) is 4.53. The zero-order valence-electron chi connectivity index (χ0n) is 8.58. The number of rotatable bonds is 2. The van der Waals surface area contributed by atoms with Crippen molar-refractivity contribution in [3.8, 4) is 0 Å². The predicted octanol–water partition coefficient (Wildman–Crippen LogP) is -0.180. The van der Waals surface area contributed by atoms with E-state index < -0.39 is 5.79 Å². The van der Waals surface area contributed by atoms with E-state index in [4.69, 9.17) is 27.5 Å². The molecule has 0 unspecified atom stereocenters. The minimum atomic E-state index is -0.444. The van der Waals surface area contributed by atoms with Gasteiger partial charge in [-0.05, 0) is 12.2 Å². The summed E-state index contributed by atoms with van der Waals surface area (Å²) in [5.41, 5.74) is 2.47. The third kappa shape index (κ3) is 2.33. The van der Waals surface area contributed by atoms with Gasteiger partial charge in [0.15, 0.2) is 10.9 Å². The summed E-state index contributed by atoms with van der Waals surface area (Å²) in [6.45, 7) is 1.59. The minimum absolute atomic E-state index is 0.444. The number of ether oxygens (including phenoxy) is 2. The zero-order chi connectivity index (χ0) is 10.6. The minimum Gasteiger partial charge on any atom is -0.353 e. The van der Waals surface area contributed by atoms with Crippen molar-refractivity contribution in [3.05, 3.63) is 0 Å². The van der Waals surface area contributed by atoms with E-state index >= 15 is 0 Å². The molecule has 0 atom stereocenters. The average Bonchev–Trinajstić information content (AvgIpc) is 2.28. The largest absolute Gasteiger partial charge is 0.353 e. The molecule has 1 heterocycles. The van der Waals surface area contributed by atoms with E-state index in [2.05, 4.69) is 5.43 Å². The van der Waals surface area contributed by atoms with Crippen LogP contribution in [0.3, 0.4) is 0 Å². The van der Waals surface area contributed by atoms with Gasteiger partial charge < -0.3 is 19.8 Å². The van der Waals surface area contributed by atoms with E-state index in [1.165, 1.54) is 0 Å². The molecule has 1 aliphatic heterocycles. The summed E-state index contributed by atoms with van der Waals surface area (Å²) in [7, 11) is 3.33. The normalized spacial score (nSPS) is 20.6. The van der Waals surface area contributed by atoms with Gasteiger partial charge in [0.1, 0.15) is 0 Å². The summed E-state index contributed by atoms with van der Waals surface area (Å²) in [5.74, 6) is 4.80. The van der Waals surface area contributed by atoms with Crippen LogP contribution in [0.1, 0.15) is 12.8 Å². The van der Waals surface area contributed by atoms with Crippen LogP contribution in [0.5, 0.6) is 0 Å². The number of thiocarbonyl (C=S) groups is 1. The molecule has 1 saturated heterocycles. The highest BCUT2D eigenvalue weighted by atomic mass is 32.1. The van der Waals surface area contributed by atoms with Crippen molar-refractivity contribution in [3.63, 3.8) is 0 Å². The predicted molar refractivity (Wildman–Crippen MR) is 57.5 cm³/mol. The molecule has 0 spiro atoms. The van der Waals surface area contributed by atoms with Crippen LogP contribution in [0.4, 0.5) is 0 Å². The molecule has 82 valence electrons. The molecule has 0 amide bonds. The maximum Gasteiger partial charge on any atom is 0.183 e. The fraction of sp³-hybridized carbons (Fsp3) is 0.875. The average molecular weight is 219 g/mol. The maximum absolute atomic E-state index is 5.35. The molecule has 0 bridgehead atoms. The second kappa shape index (κ2) is 4.88. The highest BCUT2D eigenvalue weighted by Crippen LogP contribution is 2.26. The van der Waals surface area contributed by atoms with Crippen LogP contribution in [0, 0.1) is 0 Å². The Morgan fingerprint density at radius 3 is 2.21 bits per heavy atom. The van der Waals surface area contributed by atoms with Gasteiger partial charge in [0.05, 0.1) is 0 Å². The van der Waals surface area contributed by atoms with Crippen molar-refractivity contribution < 1.29 is 9.47 Å². The van der Waals surface area contributed by atoms with E-state index in [1.54, 1.807) is 14.2 Å². The van der Waals surface area contributed by atoms with Gasteiger partial charge >= 0.3 is 0 Å². The molecular weight excluding hydrogens is 202 g/mol. The number of hydrogen-bond acceptors (Lipinski definition) is 4. The standard InChI is InChI=1S/C8H17N3O2S/c1-12-8(13-2)3-5-11(6-4-8)7(14)10-9/h3-6,9H2,1-2H3,(H,10,14). The van der Waals surface area contributed by atoms with Crippen molar-refractivity contribution in [2.45, 2.75) is 18.6 Å². The van der Waals surface area contributed by atoms with Crippen LogP contribution in [0.2, 0.25) is 0 Å². The molecule has 1 aliphatic rings. The second-order valence-electron chi connectivity index (χ2n) is 3.26. The van der Waals surface area contributed by atoms with Crippen molar-refractivity contribution in [1.29, 1.82) is 0 Å². The third-order valence-corrected chi connectivity index (χ3v) is 3.06. The van der Waals surface area contributed by atoms with Gasteiger partial charge in [-0.15, -0.1) is 0 Å². The Kier molecular flexibility index (Phi) is 4.06. The first-order chi connectivity index (χ1) is 6.67. The van der Waals surface area contributed by atoms with Crippen LogP contribution in [-0.4, -0.2) is 43.1 Å². The smallest absolute Gasteiger partial charge is 0.183 e. The lowest BCUT2D eigenvalue weighted by molar-refractivity contribution is -0.225. The monoisotopic (exact) mass is 219 g/mol. The first-order valence-corrected chi connectivity index (χ1v) is 4.94. The Balaban J connectivity index is 2.48. The van der Waals surface area contributed by atoms with Gasteiger partial charge in [0.2, 0.25) is 0 Å². The summed E-state index contributed by atoms with van der Waals surface area (Å²) in [6, 6.07) is 0. The Labute approximate surface area is 89.5 Å². The number of methoxy groups -OCH3 is 2. The Bertz CT molecular complexity index is 199. The van der Waals surface area contributed by atoms with Gasteiger partial charge in [-0.3, -0.25) is 0 Å². The maximum atomic E-state index is 5.35. The molecule has 1 fully saturated rings. The lowest BCUT2D eigenvalue weighted by atomic mass is 10.0. The molecule has 5 nitrogen and oxygen atoms in total. The van der Waals surface area contributed by atoms with E-state index in [9.17, 15) is 0 Å². The second-order valence-corrected chi connectivity index (χ2v) is 3.64. The Hall–Kier alpha value is -0.430. The molecule has 14 heavy (non-hydrogen) atoms. The van der Waals surface area contributed by atoms with E-state index in [0.29, 0.717) is 5.11 Å². The fourth-order valence-electron chi connectivity index (χ4n) is 1.63. The van der Waals surface area contributed by atoms with E-state index in [1.807, 2.05) is 4.90 Å². The van der Waals surface area contributed by atoms with Crippen LogP contribution in [-0.2, 0) is 9.47 Å². The number of hydrogen-bond donors (Lipinski definition) is 2. The van der Waals surface area contributed by atoms with Crippen molar-refractivity contribution in [2.75, 3.05) is 27.3 Å². The molecule has 1 rings (SSSR count). The van der Waals surface area contributed by atoms with Gasteiger partial charge in [-0.2, -0.15) is 0 Å². The van der Waals surface area contributed by atoms with Crippen LogP contribution in [0.15, 0.2) is 0 Å². The quantitative estimate of drug-likeness (QED) is 0.291. The molecule has 0 aromatic carbocycles. The molecular formula is C8H17N3O2S. The number of piperidine rings is 1. The SMILES string of the molecule is COC1(OC)CCN(C(=S)NN)CC1. The summed E-state index contributed by atoms with van der Waals surface area (Å²) >= 11 is 5.03. The number of hydrazine groups is 1. The van der Waals surface area contributed by atoms with Gasteiger partial charge in [0, 0.05) is 40.2 Å². The molecule has 0 aromatic rings. The fourth-order valence-corrected chi connectivity index (χ4v) is 1.82. The van der Waals surface area contributed by atoms with Crippen molar-refractivity contribution >= 4 is 17.3 Å². The number of likely N-dealkylation sites (tertiary alicyclic amines) is 1. The Morgan fingerprint density at radius 1 is 1.36 bits per heavy atom. The summed E-state index contributed by atoms with van der Waals surface area (Å²) in [5, 5.41) is 0.575. The summed E-state index contributed by atoms with van der Waals surface area (Å²) < 4.78 is 10.7. The third-order valence-electron chi connectivity index (χ3n) is 2.68. The highest BCUT2D eigenvalue weighted by molar-refractivity contribution is 7.80. The number of nitrogens with one attached hydrogen (secondary N) is 1. The van der Waals surface area contributed by atoms with Crippen molar-refractivity contribution in [1.82, 2.24) is 10.3 Å². The van der Waals surface area contributed by atoms with Crippen LogP contribution < -0.4 is 11.3 Å². The van der Waals surface area contributed by atoms with E-state index in [0.717, 1.165) is 25.9 Å². The van der Waals surface area contributed by atoms with Gasteiger partial charge in [-0.1, -0.05) is 0 Å². The molecule has 0 aromatic heterocycles. The zero-order valence-corrected chi connectivity index (χ0v) is 9.39. The summed E-state index contributed by atoms with van der Waals surface area (Å²) in [6.07, 6.45) is 1.59. The van der Waals surface area contributed by atoms with Crippen LogP contribution in [0.25, 0.3) is 0 Å². The molecule has 6 heteroatoms. The topological polar surface area (TPSA) is 59.8 Å². The lowest BCUT2D eigenvalue weighted by Gasteiger charge is -2.40. The molecule has 0 saturated carbocycles. The van der Waals surface area contributed by atoms with Gasteiger partial charge in [0.25, 0.3) is 0 Å². The molecule has 3 N–H and O–H groups in total. The summed E-state index contributed by atoms with van der Waals surface area (Å²) in [4.78, 5) is 2.01.